The van der Waals surface area contributed by atoms with Crippen molar-refractivity contribution in [1.29, 1.82) is 0 Å². The van der Waals surface area contributed by atoms with Gasteiger partial charge in [0.25, 0.3) is 5.91 Å². The number of piperazine rings is 1. The first-order chi connectivity index (χ1) is 20.4. The zero-order chi connectivity index (χ0) is 31.6. The van der Waals surface area contributed by atoms with Crippen LogP contribution in [0.15, 0.2) is 36.4 Å². The number of carbonyl (C=O) groups is 4. The third kappa shape index (κ3) is 10.6. The smallest absolute Gasteiger partial charge is 0.409 e. The molecule has 2 aromatic rings. The van der Waals surface area contributed by atoms with Crippen molar-refractivity contribution in [3.8, 4) is 11.4 Å². The van der Waals surface area contributed by atoms with Crippen LogP contribution in [0.2, 0.25) is 0 Å². The molecule has 0 radical (unpaired) electrons. The second-order valence-corrected chi connectivity index (χ2v) is 11.5. The van der Waals surface area contributed by atoms with E-state index in [0.717, 1.165) is 0 Å². The molecule has 2 heterocycles. The second-order valence-electron chi connectivity index (χ2n) is 11.5. The summed E-state index contributed by atoms with van der Waals surface area (Å²) in [5, 5.41) is 12.6. The number of nitrogens with one attached hydrogen (secondary N) is 1. The molecule has 43 heavy (non-hydrogen) atoms. The maximum Gasteiger partial charge on any atom is 0.409 e. The maximum absolute atomic E-state index is 13.7. The Balaban J connectivity index is 1.83. The Morgan fingerprint density at radius 3 is 2.26 bits per heavy atom. The lowest BCUT2D eigenvalue weighted by atomic mass is 10.1. The van der Waals surface area contributed by atoms with Crippen molar-refractivity contribution in [3.05, 3.63) is 47.8 Å². The molecule has 234 valence electrons. The first-order valence-electron chi connectivity index (χ1n) is 14.7. The van der Waals surface area contributed by atoms with Crippen molar-refractivity contribution in [2.75, 3.05) is 32.8 Å². The highest BCUT2D eigenvalue weighted by Gasteiger charge is 2.32. The summed E-state index contributed by atoms with van der Waals surface area (Å²) in [4.78, 5) is 64.1. The van der Waals surface area contributed by atoms with Gasteiger partial charge in [-0.2, -0.15) is 0 Å². The molecule has 1 aliphatic rings. The number of aryl methyl sites for hydroxylation is 1. The van der Waals surface area contributed by atoms with Gasteiger partial charge in [-0.15, -0.1) is 0 Å². The molecule has 1 saturated heterocycles. The number of aliphatic hydroxyl groups is 1. The van der Waals surface area contributed by atoms with Gasteiger partial charge in [-0.3, -0.25) is 14.4 Å². The van der Waals surface area contributed by atoms with Gasteiger partial charge in [0.2, 0.25) is 5.91 Å². The van der Waals surface area contributed by atoms with Gasteiger partial charge in [0, 0.05) is 43.9 Å². The molecule has 1 aromatic carbocycles. The molecule has 1 aliphatic heterocycles. The maximum atomic E-state index is 13.7. The van der Waals surface area contributed by atoms with Gasteiger partial charge in [0.1, 0.15) is 17.3 Å². The van der Waals surface area contributed by atoms with Gasteiger partial charge in [-0.05, 0) is 59.9 Å². The van der Waals surface area contributed by atoms with Crippen LogP contribution in [0, 0.1) is 0 Å². The van der Waals surface area contributed by atoms with E-state index in [-0.39, 0.29) is 57.2 Å². The Morgan fingerprint density at radius 2 is 1.65 bits per heavy atom. The first kappa shape index (κ1) is 33.4. The molecule has 12 nitrogen and oxygen atoms in total. The first-order valence-corrected chi connectivity index (χ1v) is 14.7. The summed E-state index contributed by atoms with van der Waals surface area (Å²) in [6, 6.07) is 9.73. The number of hydrogen-bond acceptors (Lipinski definition) is 9. The second kappa shape index (κ2) is 15.4. The highest BCUT2D eigenvalue weighted by molar-refractivity contribution is 5.96. The molecule has 12 heteroatoms. The van der Waals surface area contributed by atoms with Gasteiger partial charge in [0.15, 0.2) is 5.82 Å². The van der Waals surface area contributed by atoms with Crippen LogP contribution >= 0.6 is 0 Å². The minimum absolute atomic E-state index is 0.0170. The average Bonchev–Trinajstić information content (AvgIpc) is 2.97. The van der Waals surface area contributed by atoms with E-state index in [0.29, 0.717) is 29.9 Å². The summed E-state index contributed by atoms with van der Waals surface area (Å²) in [6.07, 6.45) is -0.189. The largest absolute Gasteiger partial charge is 0.460 e. The molecule has 0 bridgehead atoms. The summed E-state index contributed by atoms with van der Waals surface area (Å²) < 4.78 is 10.5. The minimum atomic E-state index is -1.04. The fourth-order valence-electron chi connectivity index (χ4n) is 4.50. The van der Waals surface area contributed by atoms with Crippen LogP contribution in [0.5, 0.6) is 0 Å². The third-order valence-electron chi connectivity index (χ3n) is 6.64. The van der Waals surface area contributed by atoms with Crippen molar-refractivity contribution in [2.24, 2.45) is 0 Å². The van der Waals surface area contributed by atoms with E-state index in [1.165, 1.54) is 4.90 Å². The fraction of sp³-hybridized carbons (Fsp3) is 0.548. The zero-order valence-corrected chi connectivity index (χ0v) is 25.7. The standard InChI is InChI=1S/C31H43N5O7/c1-6-42-30(41)36-18-16-35(17-19-36)29(40)24(14-15-26(38)43-31(3,4)5)34-28(39)25-20-23(13-12-21(2)37)32-27(33-25)22-10-8-7-9-11-22/h7-11,20-21,24,37H,6,12-19H2,1-5H3,(H,34,39)/t21?,24-/m0/s1. The molecule has 1 aromatic heterocycles. The molecular formula is C31H43N5O7. The molecule has 1 fully saturated rings. The van der Waals surface area contributed by atoms with Crippen LogP contribution < -0.4 is 5.32 Å². The summed E-state index contributed by atoms with van der Waals surface area (Å²) in [6.45, 7) is 10.0. The summed E-state index contributed by atoms with van der Waals surface area (Å²) in [5.41, 5.74) is 0.663. The van der Waals surface area contributed by atoms with Crippen LogP contribution in [-0.2, 0) is 25.5 Å². The highest BCUT2D eigenvalue weighted by Crippen LogP contribution is 2.18. The summed E-state index contributed by atoms with van der Waals surface area (Å²) in [5.74, 6) is -1.10. The third-order valence-corrected chi connectivity index (χ3v) is 6.64. The van der Waals surface area contributed by atoms with E-state index in [1.54, 1.807) is 45.6 Å². The van der Waals surface area contributed by atoms with E-state index in [2.05, 4.69) is 15.3 Å². The number of ether oxygens (including phenoxy) is 2. The van der Waals surface area contributed by atoms with Crippen LogP contribution in [0.4, 0.5) is 4.79 Å². The van der Waals surface area contributed by atoms with E-state index < -0.39 is 35.7 Å². The number of amides is 3. The summed E-state index contributed by atoms with van der Waals surface area (Å²) in [7, 11) is 0. The van der Waals surface area contributed by atoms with Crippen LogP contribution in [0.25, 0.3) is 11.4 Å². The summed E-state index contributed by atoms with van der Waals surface area (Å²) >= 11 is 0. The number of esters is 1. The lowest BCUT2D eigenvalue weighted by Gasteiger charge is -2.36. The van der Waals surface area contributed by atoms with E-state index in [1.807, 2.05) is 30.3 Å². The van der Waals surface area contributed by atoms with Crippen LogP contribution in [0.1, 0.15) is 70.1 Å². The van der Waals surface area contributed by atoms with Crippen molar-refractivity contribution in [3.63, 3.8) is 0 Å². The predicted octanol–water partition coefficient (Wildman–Crippen LogP) is 2.98. The molecule has 1 unspecified atom stereocenters. The number of aromatic nitrogens is 2. The Kier molecular flexibility index (Phi) is 12.0. The van der Waals surface area contributed by atoms with Gasteiger partial charge in [0.05, 0.1) is 12.7 Å². The Labute approximate surface area is 252 Å². The average molecular weight is 598 g/mol. The predicted molar refractivity (Wildman–Crippen MR) is 159 cm³/mol. The molecule has 2 N–H and O–H groups in total. The normalized spacial score (nSPS) is 14.9. The quantitative estimate of drug-likeness (QED) is 0.373. The number of aliphatic hydroxyl groups excluding tert-OH is 1. The molecule has 3 rings (SSSR count). The van der Waals surface area contributed by atoms with Crippen molar-refractivity contribution < 1.29 is 33.8 Å². The van der Waals surface area contributed by atoms with Crippen LogP contribution in [0.3, 0.4) is 0 Å². The van der Waals surface area contributed by atoms with Gasteiger partial charge in [-0.1, -0.05) is 30.3 Å². The molecule has 0 saturated carbocycles. The highest BCUT2D eigenvalue weighted by atomic mass is 16.6. The van der Waals surface area contributed by atoms with Gasteiger partial charge in [-0.25, -0.2) is 14.8 Å². The van der Waals surface area contributed by atoms with Crippen molar-refractivity contribution in [2.45, 2.75) is 78.0 Å². The fourth-order valence-corrected chi connectivity index (χ4v) is 4.50. The lowest BCUT2D eigenvalue weighted by molar-refractivity contribution is -0.155. The zero-order valence-electron chi connectivity index (χ0n) is 25.7. The number of benzene rings is 1. The SMILES string of the molecule is CCOC(=O)N1CCN(C(=O)[C@H](CCC(=O)OC(C)(C)C)NC(=O)c2cc(CCC(C)O)nc(-c3ccccc3)n2)CC1. The van der Waals surface area contributed by atoms with Crippen molar-refractivity contribution >= 4 is 23.9 Å². The van der Waals surface area contributed by atoms with E-state index in [9.17, 15) is 24.3 Å². The molecular weight excluding hydrogens is 554 g/mol. The Morgan fingerprint density at radius 1 is 1.00 bits per heavy atom. The van der Waals surface area contributed by atoms with Gasteiger partial charge >= 0.3 is 12.1 Å². The minimum Gasteiger partial charge on any atom is -0.460 e. The number of hydrogen-bond donors (Lipinski definition) is 2. The molecule has 0 aliphatic carbocycles. The Bertz CT molecular complexity index is 1250. The Hall–Kier alpha value is -4.06. The van der Waals surface area contributed by atoms with E-state index in [4.69, 9.17) is 9.47 Å². The number of nitrogens with zero attached hydrogens (tertiary/aromatic N) is 4. The monoisotopic (exact) mass is 597 g/mol. The van der Waals surface area contributed by atoms with Crippen LogP contribution in [-0.4, -0.2) is 99.3 Å². The van der Waals surface area contributed by atoms with E-state index >= 15 is 0 Å². The topological polar surface area (TPSA) is 151 Å². The molecule has 3 amide bonds. The number of carbonyl (C=O) groups excluding carboxylic acids is 4. The molecule has 2 atom stereocenters. The number of rotatable bonds is 11. The van der Waals surface area contributed by atoms with Gasteiger partial charge < -0.3 is 29.7 Å². The lowest BCUT2D eigenvalue weighted by Crippen LogP contribution is -2.56. The van der Waals surface area contributed by atoms with Crippen molar-refractivity contribution in [1.82, 2.24) is 25.1 Å². The molecule has 0 spiro atoms.